The second-order valence-electron chi connectivity index (χ2n) is 4.22. The van der Waals surface area contributed by atoms with E-state index in [9.17, 15) is 0 Å². The zero-order valence-electron chi connectivity index (χ0n) is 9.33. The van der Waals surface area contributed by atoms with E-state index in [1.54, 1.807) is 0 Å². The Morgan fingerprint density at radius 1 is 1.57 bits per heavy atom. The second kappa shape index (κ2) is 6.38. The summed E-state index contributed by atoms with van der Waals surface area (Å²) in [5.74, 6) is 0.668. The number of aliphatic hydroxyl groups excluding tert-OH is 1. The molecule has 84 valence electrons. The van der Waals surface area contributed by atoms with Crippen molar-refractivity contribution in [2.24, 2.45) is 5.92 Å². The molecule has 1 aliphatic heterocycles. The van der Waals surface area contributed by atoms with Crippen LogP contribution in [0.25, 0.3) is 0 Å². The van der Waals surface area contributed by atoms with Crippen LogP contribution in [-0.2, 0) is 4.74 Å². The van der Waals surface area contributed by atoms with Crippen molar-refractivity contribution in [1.82, 2.24) is 5.32 Å². The summed E-state index contributed by atoms with van der Waals surface area (Å²) in [5.41, 5.74) is 0. The third-order valence-corrected chi connectivity index (χ3v) is 3.03. The lowest BCUT2D eigenvalue weighted by atomic mass is 9.96. The van der Waals surface area contributed by atoms with E-state index in [0.717, 1.165) is 26.1 Å². The maximum absolute atomic E-state index is 8.82. The summed E-state index contributed by atoms with van der Waals surface area (Å²) in [6, 6.07) is 0.963. The number of hydrogen-bond acceptors (Lipinski definition) is 3. The topological polar surface area (TPSA) is 41.5 Å². The number of rotatable bonds is 6. The molecule has 14 heavy (non-hydrogen) atoms. The lowest BCUT2D eigenvalue weighted by molar-refractivity contribution is 0.172. The van der Waals surface area contributed by atoms with Crippen molar-refractivity contribution in [3.63, 3.8) is 0 Å². The minimum absolute atomic E-state index is 0.270. The number of nitrogens with one attached hydrogen (secondary N) is 1. The molecule has 1 fully saturated rings. The highest BCUT2D eigenvalue weighted by Gasteiger charge is 2.24. The van der Waals surface area contributed by atoms with Crippen LogP contribution in [0.4, 0.5) is 0 Å². The van der Waals surface area contributed by atoms with Gasteiger partial charge in [0.1, 0.15) is 0 Å². The van der Waals surface area contributed by atoms with Crippen molar-refractivity contribution >= 4 is 0 Å². The molecule has 0 spiro atoms. The highest BCUT2D eigenvalue weighted by Crippen LogP contribution is 2.19. The van der Waals surface area contributed by atoms with E-state index in [-0.39, 0.29) is 6.61 Å². The van der Waals surface area contributed by atoms with Crippen molar-refractivity contribution in [3.05, 3.63) is 0 Å². The fourth-order valence-electron chi connectivity index (χ4n) is 2.10. The third-order valence-electron chi connectivity index (χ3n) is 3.03. The van der Waals surface area contributed by atoms with Gasteiger partial charge in [-0.3, -0.25) is 0 Å². The summed E-state index contributed by atoms with van der Waals surface area (Å²) >= 11 is 0. The molecule has 1 rings (SSSR count). The van der Waals surface area contributed by atoms with Crippen LogP contribution in [0.2, 0.25) is 0 Å². The van der Waals surface area contributed by atoms with Gasteiger partial charge in [-0.05, 0) is 32.1 Å². The Hall–Kier alpha value is -0.120. The quantitative estimate of drug-likeness (QED) is 0.677. The first kappa shape index (κ1) is 12.0. The summed E-state index contributed by atoms with van der Waals surface area (Å²) in [5, 5.41) is 12.4. The monoisotopic (exact) mass is 201 g/mol. The molecule has 2 N–H and O–H groups in total. The molecule has 0 radical (unpaired) electrons. The lowest BCUT2D eigenvalue weighted by Crippen LogP contribution is -2.41. The van der Waals surface area contributed by atoms with Gasteiger partial charge in [0.05, 0.1) is 6.61 Å². The van der Waals surface area contributed by atoms with Crippen molar-refractivity contribution in [1.29, 1.82) is 0 Å². The maximum Gasteiger partial charge on any atom is 0.0510 e. The Morgan fingerprint density at radius 3 is 2.86 bits per heavy atom. The fraction of sp³-hybridized carbons (Fsp3) is 1.00. The molecule has 0 saturated carbocycles. The van der Waals surface area contributed by atoms with Crippen LogP contribution in [0.1, 0.15) is 33.1 Å². The zero-order chi connectivity index (χ0) is 10.4. The largest absolute Gasteiger partial charge is 0.396 e. The van der Waals surface area contributed by atoms with Crippen molar-refractivity contribution in [2.45, 2.75) is 45.2 Å². The molecule has 3 atom stereocenters. The van der Waals surface area contributed by atoms with Gasteiger partial charge in [-0.25, -0.2) is 0 Å². The smallest absolute Gasteiger partial charge is 0.0510 e. The first-order valence-corrected chi connectivity index (χ1v) is 5.72. The number of hydrogen-bond donors (Lipinski definition) is 2. The fourth-order valence-corrected chi connectivity index (χ4v) is 2.10. The normalized spacial score (nSPS) is 26.4. The standard InChI is InChI=1S/C11H23NO2/c1-3-11(10-5-7-14-8-10)12-9(2)4-6-13/h9-13H,3-8H2,1-2H3/t9-,10?,11?/m1/s1. The summed E-state index contributed by atoms with van der Waals surface area (Å²) < 4.78 is 5.39. The third kappa shape index (κ3) is 3.56. The van der Waals surface area contributed by atoms with E-state index in [1.807, 2.05) is 0 Å². The number of aliphatic hydroxyl groups is 1. The van der Waals surface area contributed by atoms with E-state index in [2.05, 4.69) is 19.2 Å². The first-order chi connectivity index (χ1) is 6.77. The van der Waals surface area contributed by atoms with Gasteiger partial charge in [0, 0.05) is 25.3 Å². The Morgan fingerprint density at radius 2 is 2.36 bits per heavy atom. The van der Waals surface area contributed by atoms with Gasteiger partial charge in [-0.1, -0.05) is 6.92 Å². The predicted molar refractivity (Wildman–Crippen MR) is 57.3 cm³/mol. The van der Waals surface area contributed by atoms with Gasteiger partial charge in [0.2, 0.25) is 0 Å². The Labute approximate surface area is 86.8 Å². The molecule has 0 aromatic heterocycles. The van der Waals surface area contributed by atoms with Crippen LogP contribution in [0, 0.1) is 5.92 Å². The van der Waals surface area contributed by atoms with Crippen molar-refractivity contribution in [2.75, 3.05) is 19.8 Å². The minimum Gasteiger partial charge on any atom is -0.396 e. The molecule has 3 heteroatoms. The zero-order valence-corrected chi connectivity index (χ0v) is 9.33. The van der Waals surface area contributed by atoms with Crippen LogP contribution in [0.5, 0.6) is 0 Å². The molecule has 0 aromatic carbocycles. The maximum atomic E-state index is 8.82. The SMILES string of the molecule is CCC(N[C@H](C)CCO)C1CCOC1. The average Bonchev–Trinajstić information content (AvgIpc) is 2.67. The molecular weight excluding hydrogens is 178 g/mol. The van der Waals surface area contributed by atoms with Crippen LogP contribution in [0.15, 0.2) is 0 Å². The van der Waals surface area contributed by atoms with Gasteiger partial charge in [0.25, 0.3) is 0 Å². The Bertz CT molecular complexity index is 146. The first-order valence-electron chi connectivity index (χ1n) is 5.72. The van der Waals surface area contributed by atoms with E-state index in [4.69, 9.17) is 9.84 Å². The molecular formula is C11H23NO2. The molecule has 1 aliphatic rings. The molecule has 0 aromatic rings. The highest BCUT2D eigenvalue weighted by atomic mass is 16.5. The lowest BCUT2D eigenvalue weighted by Gasteiger charge is -2.26. The van der Waals surface area contributed by atoms with Gasteiger partial charge < -0.3 is 15.2 Å². The van der Waals surface area contributed by atoms with Crippen molar-refractivity contribution in [3.8, 4) is 0 Å². The Balaban J connectivity index is 2.29. The van der Waals surface area contributed by atoms with E-state index < -0.39 is 0 Å². The predicted octanol–water partition coefficient (Wildman–Crippen LogP) is 1.16. The summed E-state index contributed by atoms with van der Waals surface area (Å²) in [7, 11) is 0. The average molecular weight is 201 g/mol. The molecule has 0 amide bonds. The van der Waals surface area contributed by atoms with E-state index in [1.165, 1.54) is 6.42 Å². The Kier molecular flexibility index (Phi) is 5.45. The second-order valence-corrected chi connectivity index (χ2v) is 4.22. The molecule has 2 unspecified atom stereocenters. The minimum atomic E-state index is 0.270. The highest BCUT2D eigenvalue weighted by molar-refractivity contribution is 4.80. The van der Waals surface area contributed by atoms with Crippen LogP contribution < -0.4 is 5.32 Å². The molecule has 1 saturated heterocycles. The van der Waals surface area contributed by atoms with E-state index in [0.29, 0.717) is 18.0 Å². The summed E-state index contributed by atoms with van der Waals surface area (Å²) in [4.78, 5) is 0. The van der Waals surface area contributed by atoms with Crippen LogP contribution >= 0.6 is 0 Å². The van der Waals surface area contributed by atoms with E-state index >= 15 is 0 Å². The van der Waals surface area contributed by atoms with Gasteiger partial charge >= 0.3 is 0 Å². The van der Waals surface area contributed by atoms with Crippen molar-refractivity contribution < 1.29 is 9.84 Å². The molecule has 0 bridgehead atoms. The van der Waals surface area contributed by atoms with Gasteiger partial charge in [-0.15, -0.1) is 0 Å². The van der Waals surface area contributed by atoms with Crippen LogP contribution in [-0.4, -0.2) is 37.0 Å². The molecule has 3 nitrogen and oxygen atoms in total. The summed E-state index contributed by atoms with van der Waals surface area (Å²) in [6.07, 6.45) is 3.16. The summed E-state index contributed by atoms with van der Waals surface area (Å²) in [6.45, 7) is 6.43. The molecule has 1 heterocycles. The molecule has 0 aliphatic carbocycles. The van der Waals surface area contributed by atoms with Gasteiger partial charge in [-0.2, -0.15) is 0 Å². The number of ether oxygens (including phenoxy) is 1. The van der Waals surface area contributed by atoms with Gasteiger partial charge in [0.15, 0.2) is 0 Å². The van der Waals surface area contributed by atoms with Crippen LogP contribution in [0.3, 0.4) is 0 Å².